The molecular weight excluding hydrogens is 160 g/mol. The van der Waals surface area contributed by atoms with Gasteiger partial charge in [0.1, 0.15) is 5.75 Å². The first kappa shape index (κ1) is 10.1. The first-order chi connectivity index (χ1) is 5.96. The molecule has 0 spiro atoms. The Labute approximate surface area is 80.7 Å². The van der Waals surface area contributed by atoms with Gasteiger partial charge in [-0.25, -0.2) is 0 Å². The number of hydrogen-bond acceptors (Lipinski definition) is 1. The van der Waals surface area contributed by atoms with E-state index in [9.17, 15) is 0 Å². The molecule has 72 valence electrons. The quantitative estimate of drug-likeness (QED) is 0.641. The van der Waals surface area contributed by atoms with Crippen LogP contribution in [-0.4, -0.2) is 7.11 Å². The van der Waals surface area contributed by atoms with Crippen molar-refractivity contribution >= 4 is 0 Å². The summed E-state index contributed by atoms with van der Waals surface area (Å²) in [5.74, 6) is 0.993. The van der Waals surface area contributed by atoms with Crippen molar-refractivity contribution in [3.05, 3.63) is 29.3 Å². The summed E-state index contributed by atoms with van der Waals surface area (Å²) in [6.07, 6.45) is 0. The maximum atomic E-state index is 5.35. The molecule has 1 heteroatoms. The molecule has 0 fully saturated rings. The summed E-state index contributed by atoms with van der Waals surface area (Å²) in [4.78, 5) is 0. The maximum Gasteiger partial charge on any atom is 0.122 e. The van der Waals surface area contributed by atoms with Crippen molar-refractivity contribution in [2.75, 3.05) is 7.11 Å². The molecule has 0 saturated heterocycles. The first-order valence-corrected chi connectivity index (χ1v) is 4.61. The molecule has 0 aliphatic carbocycles. The Balaban J connectivity index is 3.32. The molecule has 1 nitrogen and oxygen atoms in total. The van der Waals surface area contributed by atoms with Gasteiger partial charge in [0.15, 0.2) is 0 Å². The molecule has 13 heavy (non-hydrogen) atoms. The lowest BCUT2D eigenvalue weighted by molar-refractivity contribution is 0.396. The van der Waals surface area contributed by atoms with Crippen LogP contribution in [0.15, 0.2) is 18.2 Å². The van der Waals surface area contributed by atoms with Gasteiger partial charge in [-0.1, -0.05) is 32.9 Å². The molecular formula is C12H18O. The van der Waals surface area contributed by atoms with Crippen molar-refractivity contribution in [3.8, 4) is 5.75 Å². The largest absolute Gasteiger partial charge is 0.496 e. The highest BCUT2D eigenvalue weighted by Gasteiger charge is 2.20. The summed E-state index contributed by atoms with van der Waals surface area (Å²) in [5, 5.41) is 0. The van der Waals surface area contributed by atoms with Crippen molar-refractivity contribution in [3.63, 3.8) is 0 Å². The molecule has 0 unspecified atom stereocenters. The fourth-order valence-electron chi connectivity index (χ4n) is 1.77. The van der Waals surface area contributed by atoms with E-state index in [4.69, 9.17) is 4.74 Å². The van der Waals surface area contributed by atoms with Crippen molar-refractivity contribution in [1.29, 1.82) is 0 Å². The third kappa shape index (κ3) is 2.03. The van der Waals surface area contributed by atoms with E-state index in [-0.39, 0.29) is 5.41 Å². The van der Waals surface area contributed by atoms with Crippen LogP contribution in [0.5, 0.6) is 5.75 Å². The summed E-state index contributed by atoms with van der Waals surface area (Å²) in [5.41, 5.74) is 2.75. The van der Waals surface area contributed by atoms with Crippen LogP contribution >= 0.6 is 0 Å². The molecule has 1 aromatic carbocycles. The molecule has 0 aliphatic heterocycles. The molecule has 0 bridgehead atoms. The summed E-state index contributed by atoms with van der Waals surface area (Å²) in [7, 11) is 1.73. The molecule has 0 aromatic heterocycles. The van der Waals surface area contributed by atoms with Gasteiger partial charge in [-0.05, 0) is 24.0 Å². The third-order valence-electron chi connectivity index (χ3n) is 2.20. The Morgan fingerprint density at radius 3 is 2.15 bits per heavy atom. The number of ether oxygens (including phenoxy) is 1. The lowest BCUT2D eigenvalue weighted by Crippen LogP contribution is -2.14. The SMILES string of the molecule is COc1cccc(C)c1C(C)(C)C. The third-order valence-corrected chi connectivity index (χ3v) is 2.20. The van der Waals surface area contributed by atoms with Gasteiger partial charge in [0.05, 0.1) is 7.11 Å². The Bertz CT molecular complexity index is 294. The van der Waals surface area contributed by atoms with Gasteiger partial charge in [-0.15, -0.1) is 0 Å². The summed E-state index contributed by atoms with van der Waals surface area (Å²) in [6, 6.07) is 6.18. The predicted molar refractivity (Wildman–Crippen MR) is 56.4 cm³/mol. The van der Waals surface area contributed by atoms with Crippen LogP contribution in [0.1, 0.15) is 31.9 Å². The highest BCUT2D eigenvalue weighted by atomic mass is 16.5. The van der Waals surface area contributed by atoms with E-state index in [1.54, 1.807) is 7.11 Å². The average molecular weight is 178 g/mol. The van der Waals surface area contributed by atoms with E-state index in [1.807, 2.05) is 12.1 Å². The second-order valence-electron chi connectivity index (χ2n) is 4.40. The van der Waals surface area contributed by atoms with Crippen LogP contribution < -0.4 is 4.74 Å². The van der Waals surface area contributed by atoms with Gasteiger partial charge < -0.3 is 4.74 Å². The van der Waals surface area contributed by atoms with Crippen molar-refractivity contribution in [2.24, 2.45) is 0 Å². The van der Waals surface area contributed by atoms with Crippen molar-refractivity contribution in [1.82, 2.24) is 0 Å². The summed E-state index contributed by atoms with van der Waals surface area (Å²) in [6.45, 7) is 8.75. The second-order valence-corrected chi connectivity index (χ2v) is 4.40. The van der Waals surface area contributed by atoms with E-state index in [2.05, 4.69) is 33.8 Å². The van der Waals surface area contributed by atoms with Crippen LogP contribution in [-0.2, 0) is 5.41 Å². The standard InChI is InChI=1S/C12H18O/c1-9-7-6-8-10(13-5)11(9)12(2,3)4/h6-8H,1-5H3. The number of hydrogen-bond donors (Lipinski definition) is 0. The van der Waals surface area contributed by atoms with Crippen LogP contribution in [0.25, 0.3) is 0 Å². The molecule has 1 aromatic rings. The molecule has 0 saturated carbocycles. The Hall–Kier alpha value is -0.980. The molecule has 0 atom stereocenters. The minimum atomic E-state index is 0.149. The zero-order valence-electron chi connectivity index (χ0n) is 9.14. The fourth-order valence-corrected chi connectivity index (χ4v) is 1.77. The Morgan fingerprint density at radius 2 is 1.77 bits per heavy atom. The molecule has 1 rings (SSSR count). The van der Waals surface area contributed by atoms with Gasteiger partial charge in [0.2, 0.25) is 0 Å². The van der Waals surface area contributed by atoms with Crippen LogP contribution in [0.2, 0.25) is 0 Å². The molecule has 0 radical (unpaired) electrons. The maximum absolute atomic E-state index is 5.35. The molecule has 0 aliphatic rings. The minimum Gasteiger partial charge on any atom is -0.496 e. The predicted octanol–water partition coefficient (Wildman–Crippen LogP) is 3.30. The number of rotatable bonds is 1. The lowest BCUT2D eigenvalue weighted by Gasteiger charge is -2.24. The summed E-state index contributed by atoms with van der Waals surface area (Å²) < 4.78 is 5.35. The smallest absolute Gasteiger partial charge is 0.122 e. The van der Waals surface area contributed by atoms with Gasteiger partial charge in [-0.2, -0.15) is 0 Å². The van der Waals surface area contributed by atoms with E-state index >= 15 is 0 Å². The normalized spacial score (nSPS) is 11.5. The van der Waals surface area contributed by atoms with Gasteiger partial charge >= 0.3 is 0 Å². The Morgan fingerprint density at radius 1 is 1.15 bits per heavy atom. The minimum absolute atomic E-state index is 0.149. The second kappa shape index (κ2) is 3.41. The monoisotopic (exact) mass is 178 g/mol. The van der Waals surface area contributed by atoms with Crippen LogP contribution in [0, 0.1) is 6.92 Å². The molecule has 0 amide bonds. The van der Waals surface area contributed by atoms with Crippen LogP contribution in [0.4, 0.5) is 0 Å². The van der Waals surface area contributed by atoms with E-state index in [0.717, 1.165) is 5.75 Å². The first-order valence-electron chi connectivity index (χ1n) is 4.61. The van der Waals surface area contributed by atoms with E-state index < -0.39 is 0 Å². The van der Waals surface area contributed by atoms with Crippen molar-refractivity contribution in [2.45, 2.75) is 33.1 Å². The zero-order chi connectivity index (χ0) is 10.1. The highest BCUT2D eigenvalue weighted by molar-refractivity contribution is 5.43. The fraction of sp³-hybridized carbons (Fsp3) is 0.500. The zero-order valence-corrected chi connectivity index (χ0v) is 9.14. The summed E-state index contributed by atoms with van der Waals surface area (Å²) >= 11 is 0. The number of methoxy groups -OCH3 is 1. The van der Waals surface area contributed by atoms with Gasteiger partial charge in [0, 0.05) is 5.56 Å². The van der Waals surface area contributed by atoms with E-state index in [0.29, 0.717) is 0 Å². The topological polar surface area (TPSA) is 9.23 Å². The average Bonchev–Trinajstić information content (AvgIpc) is 2.01. The molecule has 0 N–H and O–H groups in total. The Kier molecular flexibility index (Phi) is 2.65. The van der Waals surface area contributed by atoms with Gasteiger partial charge in [-0.3, -0.25) is 0 Å². The molecule has 0 heterocycles. The van der Waals surface area contributed by atoms with Crippen LogP contribution in [0.3, 0.4) is 0 Å². The lowest BCUT2D eigenvalue weighted by atomic mass is 9.83. The highest BCUT2D eigenvalue weighted by Crippen LogP contribution is 2.33. The number of benzene rings is 1. The van der Waals surface area contributed by atoms with E-state index in [1.165, 1.54) is 11.1 Å². The van der Waals surface area contributed by atoms with Gasteiger partial charge in [0.25, 0.3) is 0 Å². The number of aryl methyl sites for hydroxylation is 1. The van der Waals surface area contributed by atoms with Crippen molar-refractivity contribution < 1.29 is 4.74 Å².